The van der Waals surface area contributed by atoms with Gasteiger partial charge in [0.2, 0.25) is 0 Å². The summed E-state index contributed by atoms with van der Waals surface area (Å²) >= 11 is 0. The molecule has 0 N–H and O–H groups in total. The van der Waals surface area contributed by atoms with E-state index in [4.69, 9.17) is 0 Å². The van der Waals surface area contributed by atoms with Gasteiger partial charge in [-0.15, -0.1) is 0 Å². The maximum Gasteiger partial charge on any atom is 0.0402 e. The van der Waals surface area contributed by atoms with E-state index in [1.54, 1.807) is 0 Å². The molecule has 0 spiro atoms. The van der Waals surface area contributed by atoms with Crippen LogP contribution in [0.2, 0.25) is 0 Å². The standard InChI is InChI=1S/C17H19N/c1-13-12-18(2)16-11-7-6-10-15(16)17(13)14-8-4-3-5-9-14/h3-11,13,17H,12H2,1-2H3/t13-,17+/m0/s1. The van der Waals surface area contributed by atoms with Crippen molar-refractivity contribution >= 4 is 5.69 Å². The number of para-hydroxylation sites is 1. The molecule has 0 aromatic heterocycles. The smallest absolute Gasteiger partial charge is 0.0402 e. The number of fused-ring (bicyclic) bond motifs is 1. The Labute approximate surface area is 109 Å². The van der Waals surface area contributed by atoms with Crippen molar-refractivity contribution < 1.29 is 0 Å². The lowest BCUT2D eigenvalue weighted by Crippen LogP contribution is -2.34. The third kappa shape index (κ3) is 1.80. The van der Waals surface area contributed by atoms with Gasteiger partial charge in [0, 0.05) is 25.2 Å². The number of hydrogen-bond donors (Lipinski definition) is 0. The van der Waals surface area contributed by atoms with E-state index in [-0.39, 0.29) is 0 Å². The second-order valence-electron chi connectivity index (χ2n) is 5.30. The molecule has 1 heterocycles. The number of nitrogens with zero attached hydrogens (tertiary/aromatic N) is 1. The monoisotopic (exact) mass is 237 g/mol. The quantitative estimate of drug-likeness (QED) is 0.727. The van der Waals surface area contributed by atoms with Gasteiger partial charge < -0.3 is 4.90 Å². The van der Waals surface area contributed by atoms with Crippen molar-refractivity contribution in [2.75, 3.05) is 18.5 Å². The second kappa shape index (κ2) is 4.49. The van der Waals surface area contributed by atoms with Crippen LogP contribution in [-0.2, 0) is 0 Å². The zero-order valence-electron chi connectivity index (χ0n) is 11.0. The Kier molecular flexibility index (Phi) is 2.83. The molecule has 92 valence electrons. The average molecular weight is 237 g/mol. The summed E-state index contributed by atoms with van der Waals surface area (Å²) in [6.07, 6.45) is 0. The Morgan fingerprint density at radius 1 is 0.944 bits per heavy atom. The maximum absolute atomic E-state index is 2.37. The summed E-state index contributed by atoms with van der Waals surface area (Å²) in [5, 5.41) is 0. The van der Waals surface area contributed by atoms with Crippen LogP contribution in [0.5, 0.6) is 0 Å². The van der Waals surface area contributed by atoms with Crippen LogP contribution >= 0.6 is 0 Å². The van der Waals surface area contributed by atoms with Crippen molar-refractivity contribution in [1.29, 1.82) is 0 Å². The van der Waals surface area contributed by atoms with E-state index in [2.05, 4.69) is 73.5 Å². The number of benzene rings is 2. The van der Waals surface area contributed by atoms with Gasteiger partial charge in [-0.3, -0.25) is 0 Å². The third-order valence-electron chi connectivity index (χ3n) is 3.97. The van der Waals surface area contributed by atoms with Crippen molar-refractivity contribution in [3.63, 3.8) is 0 Å². The van der Waals surface area contributed by atoms with E-state index in [0.29, 0.717) is 11.8 Å². The van der Waals surface area contributed by atoms with Gasteiger partial charge in [0.1, 0.15) is 0 Å². The molecule has 1 nitrogen and oxygen atoms in total. The second-order valence-corrected chi connectivity index (χ2v) is 5.30. The molecule has 0 fully saturated rings. The summed E-state index contributed by atoms with van der Waals surface area (Å²) in [6, 6.07) is 19.7. The lowest BCUT2D eigenvalue weighted by Gasteiger charge is -2.38. The number of rotatable bonds is 1. The van der Waals surface area contributed by atoms with E-state index in [0.717, 1.165) is 6.54 Å². The van der Waals surface area contributed by atoms with Crippen LogP contribution in [0.1, 0.15) is 24.0 Å². The van der Waals surface area contributed by atoms with Gasteiger partial charge >= 0.3 is 0 Å². The van der Waals surface area contributed by atoms with Gasteiger partial charge in [0.05, 0.1) is 0 Å². The first-order valence-corrected chi connectivity index (χ1v) is 6.62. The van der Waals surface area contributed by atoms with Crippen molar-refractivity contribution in [2.45, 2.75) is 12.8 Å². The summed E-state index contributed by atoms with van der Waals surface area (Å²) in [4.78, 5) is 2.37. The Morgan fingerprint density at radius 3 is 2.39 bits per heavy atom. The summed E-state index contributed by atoms with van der Waals surface area (Å²) in [6.45, 7) is 3.47. The molecular weight excluding hydrogens is 218 g/mol. The molecule has 0 saturated heterocycles. The zero-order chi connectivity index (χ0) is 12.5. The van der Waals surface area contributed by atoms with E-state index >= 15 is 0 Å². The summed E-state index contributed by atoms with van der Waals surface area (Å²) in [5.41, 5.74) is 4.28. The fourth-order valence-electron chi connectivity index (χ4n) is 3.21. The third-order valence-corrected chi connectivity index (χ3v) is 3.97. The highest BCUT2D eigenvalue weighted by Crippen LogP contribution is 2.41. The predicted molar refractivity (Wildman–Crippen MR) is 77.2 cm³/mol. The minimum atomic E-state index is 0.526. The first kappa shape index (κ1) is 11.3. The molecule has 18 heavy (non-hydrogen) atoms. The molecule has 0 bridgehead atoms. The molecule has 1 heteroatoms. The Balaban J connectivity index is 2.12. The van der Waals surface area contributed by atoms with Gasteiger partial charge in [-0.05, 0) is 23.1 Å². The maximum atomic E-state index is 2.37. The molecule has 1 aliphatic rings. The highest BCUT2D eigenvalue weighted by atomic mass is 15.1. The lowest BCUT2D eigenvalue weighted by atomic mass is 9.78. The number of anilines is 1. The molecule has 2 aromatic rings. The summed E-state index contributed by atoms with van der Waals surface area (Å²) in [7, 11) is 2.19. The van der Waals surface area contributed by atoms with Crippen LogP contribution in [0.4, 0.5) is 5.69 Å². The SMILES string of the molecule is C[C@H]1CN(C)c2ccccc2[C@H]1c1ccccc1. The van der Waals surface area contributed by atoms with Crippen molar-refractivity contribution in [2.24, 2.45) is 5.92 Å². The summed E-state index contributed by atoms with van der Waals surface area (Å²) in [5.74, 6) is 1.17. The van der Waals surface area contributed by atoms with E-state index in [9.17, 15) is 0 Å². The molecule has 0 aliphatic carbocycles. The van der Waals surface area contributed by atoms with Crippen molar-refractivity contribution in [3.8, 4) is 0 Å². The molecular formula is C17H19N. The van der Waals surface area contributed by atoms with Crippen LogP contribution < -0.4 is 4.90 Å². The van der Waals surface area contributed by atoms with Crippen LogP contribution in [0.15, 0.2) is 54.6 Å². The van der Waals surface area contributed by atoms with Crippen LogP contribution in [0, 0.1) is 5.92 Å². The van der Waals surface area contributed by atoms with Crippen LogP contribution in [0.3, 0.4) is 0 Å². The van der Waals surface area contributed by atoms with Gasteiger partial charge in [-0.25, -0.2) is 0 Å². The fraction of sp³-hybridized carbons (Fsp3) is 0.294. The molecule has 1 aliphatic heterocycles. The molecule has 0 saturated carbocycles. The Hall–Kier alpha value is -1.76. The molecule has 2 aromatic carbocycles. The van der Waals surface area contributed by atoms with Crippen LogP contribution in [0.25, 0.3) is 0 Å². The van der Waals surface area contributed by atoms with Gasteiger partial charge in [0.25, 0.3) is 0 Å². The highest BCUT2D eigenvalue weighted by molar-refractivity contribution is 5.59. The molecule has 2 atom stereocenters. The molecule has 3 rings (SSSR count). The largest absolute Gasteiger partial charge is 0.374 e. The van der Waals surface area contributed by atoms with Gasteiger partial charge in [-0.1, -0.05) is 55.5 Å². The molecule has 0 unspecified atom stereocenters. The highest BCUT2D eigenvalue weighted by Gasteiger charge is 2.29. The fourth-order valence-corrected chi connectivity index (χ4v) is 3.21. The Bertz CT molecular complexity index is 532. The first-order valence-electron chi connectivity index (χ1n) is 6.62. The van der Waals surface area contributed by atoms with E-state index in [1.807, 2.05) is 0 Å². The molecule has 0 radical (unpaired) electrons. The van der Waals surface area contributed by atoms with Crippen molar-refractivity contribution in [1.82, 2.24) is 0 Å². The topological polar surface area (TPSA) is 3.24 Å². The lowest BCUT2D eigenvalue weighted by molar-refractivity contribution is 0.490. The van der Waals surface area contributed by atoms with E-state index < -0.39 is 0 Å². The van der Waals surface area contributed by atoms with Gasteiger partial charge in [0.15, 0.2) is 0 Å². The minimum absolute atomic E-state index is 0.526. The van der Waals surface area contributed by atoms with Crippen molar-refractivity contribution in [3.05, 3.63) is 65.7 Å². The van der Waals surface area contributed by atoms with Crippen LogP contribution in [-0.4, -0.2) is 13.6 Å². The Morgan fingerprint density at radius 2 is 1.61 bits per heavy atom. The summed E-state index contributed by atoms with van der Waals surface area (Å²) < 4.78 is 0. The predicted octanol–water partition coefficient (Wildman–Crippen LogP) is 3.90. The normalized spacial score (nSPS) is 22.7. The number of hydrogen-bond acceptors (Lipinski definition) is 1. The average Bonchev–Trinajstić information content (AvgIpc) is 2.40. The minimum Gasteiger partial charge on any atom is -0.374 e. The van der Waals surface area contributed by atoms with E-state index in [1.165, 1.54) is 16.8 Å². The van der Waals surface area contributed by atoms with Gasteiger partial charge in [-0.2, -0.15) is 0 Å². The molecule has 0 amide bonds. The zero-order valence-corrected chi connectivity index (χ0v) is 11.0. The first-order chi connectivity index (χ1) is 8.77.